The van der Waals surface area contributed by atoms with Crippen molar-refractivity contribution in [2.75, 3.05) is 10.7 Å². The maximum Gasteiger partial charge on any atom is 0.295 e. The summed E-state index contributed by atoms with van der Waals surface area (Å²) < 4.78 is 0. The Morgan fingerprint density at radius 3 is 2.57 bits per heavy atom. The lowest BCUT2D eigenvalue weighted by molar-refractivity contribution is -0.384. The Hall–Kier alpha value is -2.71. The molecule has 0 atom stereocenters. The van der Waals surface area contributed by atoms with Crippen molar-refractivity contribution in [3.63, 3.8) is 0 Å². The van der Waals surface area contributed by atoms with Gasteiger partial charge in [-0.3, -0.25) is 25.7 Å². The van der Waals surface area contributed by atoms with E-state index < -0.39 is 10.8 Å². The molecular weight excluding hydrogens is 298 g/mol. The third-order valence-electron chi connectivity index (χ3n) is 2.61. The van der Waals surface area contributed by atoms with Gasteiger partial charge >= 0.3 is 0 Å². The van der Waals surface area contributed by atoms with Crippen LogP contribution in [0.1, 0.15) is 10.4 Å². The van der Waals surface area contributed by atoms with Crippen LogP contribution in [0.4, 0.5) is 17.1 Å². The fourth-order valence-electron chi connectivity index (χ4n) is 1.65. The Labute approximate surface area is 124 Å². The molecule has 0 radical (unpaired) electrons. The quantitative estimate of drug-likeness (QED) is 0.452. The summed E-state index contributed by atoms with van der Waals surface area (Å²) in [4.78, 5) is 26.2. The number of pyridine rings is 1. The first-order valence-corrected chi connectivity index (χ1v) is 6.06. The molecule has 0 fully saturated rings. The van der Waals surface area contributed by atoms with E-state index in [-0.39, 0.29) is 22.0 Å². The van der Waals surface area contributed by atoms with Crippen LogP contribution in [0.25, 0.3) is 0 Å². The van der Waals surface area contributed by atoms with E-state index in [1.165, 1.54) is 18.5 Å². The minimum Gasteiger partial charge on any atom is -0.322 e. The number of nitrogen functional groups attached to an aromatic ring is 1. The van der Waals surface area contributed by atoms with Gasteiger partial charge in [0.05, 0.1) is 9.95 Å². The van der Waals surface area contributed by atoms with E-state index in [4.69, 9.17) is 17.4 Å². The number of nitro benzene ring substituents is 1. The predicted molar refractivity (Wildman–Crippen MR) is 78.1 cm³/mol. The second kappa shape index (κ2) is 6.16. The van der Waals surface area contributed by atoms with E-state index in [1.54, 1.807) is 12.1 Å². The molecule has 2 rings (SSSR count). The van der Waals surface area contributed by atoms with Crippen molar-refractivity contribution in [3.05, 3.63) is 57.4 Å². The van der Waals surface area contributed by atoms with Gasteiger partial charge in [-0.1, -0.05) is 11.6 Å². The third kappa shape index (κ3) is 3.25. The highest BCUT2D eigenvalue weighted by atomic mass is 35.5. The lowest BCUT2D eigenvalue weighted by Crippen LogP contribution is -2.14. The molecule has 0 aliphatic rings. The van der Waals surface area contributed by atoms with E-state index in [2.05, 4.69) is 15.7 Å². The minimum atomic E-state index is -0.676. The molecule has 0 bridgehead atoms. The van der Waals surface area contributed by atoms with Crippen molar-refractivity contribution >= 4 is 34.6 Å². The van der Waals surface area contributed by atoms with Crippen LogP contribution in [0.15, 0.2) is 36.7 Å². The van der Waals surface area contributed by atoms with Gasteiger partial charge in [0.15, 0.2) is 0 Å². The third-order valence-corrected chi connectivity index (χ3v) is 2.91. The Morgan fingerprint density at radius 2 is 2.00 bits per heavy atom. The van der Waals surface area contributed by atoms with Gasteiger partial charge in [0.2, 0.25) is 0 Å². The van der Waals surface area contributed by atoms with Crippen molar-refractivity contribution in [2.24, 2.45) is 5.84 Å². The van der Waals surface area contributed by atoms with Crippen molar-refractivity contribution in [1.82, 2.24) is 4.98 Å². The van der Waals surface area contributed by atoms with E-state index in [0.717, 1.165) is 6.07 Å². The molecular formula is C12H10ClN5O3. The van der Waals surface area contributed by atoms with E-state index in [9.17, 15) is 14.9 Å². The molecule has 0 aliphatic carbocycles. The Morgan fingerprint density at radius 1 is 1.33 bits per heavy atom. The molecule has 1 heterocycles. The van der Waals surface area contributed by atoms with Crippen molar-refractivity contribution in [3.8, 4) is 0 Å². The molecule has 1 aromatic heterocycles. The number of aromatic nitrogens is 1. The molecule has 1 amide bonds. The van der Waals surface area contributed by atoms with Crippen LogP contribution in [0.5, 0.6) is 0 Å². The van der Waals surface area contributed by atoms with E-state index in [0.29, 0.717) is 5.69 Å². The highest BCUT2D eigenvalue weighted by Crippen LogP contribution is 2.33. The Kier molecular flexibility index (Phi) is 4.31. The number of hydrogen-bond donors (Lipinski definition) is 3. The number of hydrazine groups is 1. The first-order chi connectivity index (χ1) is 10.0. The molecule has 2 aromatic rings. The highest BCUT2D eigenvalue weighted by Gasteiger charge is 2.21. The van der Waals surface area contributed by atoms with Gasteiger partial charge < -0.3 is 10.7 Å². The number of nitrogens with one attached hydrogen (secondary N) is 2. The second-order valence-corrected chi connectivity index (χ2v) is 4.35. The molecule has 1 aromatic carbocycles. The number of benzene rings is 1. The number of amides is 1. The van der Waals surface area contributed by atoms with E-state index in [1.807, 2.05) is 0 Å². The first kappa shape index (κ1) is 14.7. The molecule has 21 heavy (non-hydrogen) atoms. The maximum absolute atomic E-state index is 12.1. The summed E-state index contributed by atoms with van der Waals surface area (Å²) in [5, 5.41) is 13.5. The number of rotatable bonds is 4. The summed E-state index contributed by atoms with van der Waals surface area (Å²) in [6.45, 7) is 0. The van der Waals surface area contributed by atoms with Crippen LogP contribution < -0.4 is 16.6 Å². The number of nitro groups is 1. The molecule has 8 nitrogen and oxygen atoms in total. The molecule has 0 saturated heterocycles. The summed E-state index contributed by atoms with van der Waals surface area (Å²) in [7, 11) is 0. The molecule has 9 heteroatoms. The minimum absolute atomic E-state index is 0.0217. The highest BCUT2D eigenvalue weighted by molar-refractivity contribution is 6.34. The predicted octanol–water partition coefficient (Wildman–Crippen LogP) is 2.18. The van der Waals surface area contributed by atoms with Crippen LogP contribution in [0.2, 0.25) is 5.02 Å². The zero-order valence-corrected chi connectivity index (χ0v) is 11.3. The fourth-order valence-corrected chi connectivity index (χ4v) is 1.92. The van der Waals surface area contributed by atoms with Crippen molar-refractivity contribution < 1.29 is 9.72 Å². The number of halogens is 1. The fraction of sp³-hybridized carbons (Fsp3) is 0. The maximum atomic E-state index is 12.1. The number of anilines is 2. The van der Waals surface area contributed by atoms with E-state index >= 15 is 0 Å². The van der Waals surface area contributed by atoms with Crippen LogP contribution in [-0.4, -0.2) is 15.8 Å². The van der Waals surface area contributed by atoms with Gasteiger partial charge in [-0.2, -0.15) is 0 Å². The van der Waals surface area contributed by atoms with Gasteiger partial charge in [0, 0.05) is 29.7 Å². The van der Waals surface area contributed by atoms with Crippen LogP contribution in [-0.2, 0) is 0 Å². The van der Waals surface area contributed by atoms with Crippen molar-refractivity contribution in [2.45, 2.75) is 0 Å². The smallest absolute Gasteiger partial charge is 0.295 e. The van der Waals surface area contributed by atoms with Crippen LogP contribution in [0, 0.1) is 10.1 Å². The summed E-state index contributed by atoms with van der Waals surface area (Å²) in [6.07, 6.45) is 3.01. The Balaban J connectivity index is 2.36. The number of hydrogen-bond acceptors (Lipinski definition) is 6. The molecule has 4 N–H and O–H groups in total. The van der Waals surface area contributed by atoms with Crippen LogP contribution >= 0.6 is 11.6 Å². The van der Waals surface area contributed by atoms with Gasteiger partial charge in [-0.05, 0) is 18.2 Å². The monoisotopic (exact) mass is 307 g/mol. The second-order valence-electron chi connectivity index (χ2n) is 3.94. The standard InChI is InChI=1S/C12H10ClN5O3/c13-9-5-7(6-10(18(20)21)11(9)17-14)12(19)16-8-1-3-15-4-2-8/h1-6,17H,14H2,(H,15,16,19). The molecule has 0 aliphatic heterocycles. The van der Waals surface area contributed by atoms with Crippen molar-refractivity contribution in [1.29, 1.82) is 0 Å². The molecule has 0 saturated carbocycles. The normalized spacial score (nSPS) is 10.0. The average Bonchev–Trinajstić information content (AvgIpc) is 2.47. The number of carbonyl (C=O) groups excluding carboxylic acids is 1. The topological polar surface area (TPSA) is 123 Å². The lowest BCUT2D eigenvalue weighted by atomic mass is 10.1. The SMILES string of the molecule is NNc1c(Cl)cc(C(=O)Nc2ccncc2)cc1[N+](=O)[O-]. The largest absolute Gasteiger partial charge is 0.322 e. The summed E-state index contributed by atoms with van der Waals surface area (Å²) in [6, 6.07) is 5.56. The van der Waals surface area contributed by atoms with Gasteiger partial charge in [0.1, 0.15) is 5.69 Å². The molecule has 0 unspecified atom stereocenters. The number of carbonyl (C=O) groups is 1. The van der Waals surface area contributed by atoms with Gasteiger partial charge in [-0.15, -0.1) is 0 Å². The summed E-state index contributed by atoms with van der Waals surface area (Å²) in [5.74, 6) is 4.66. The summed E-state index contributed by atoms with van der Waals surface area (Å²) >= 11 is 5.89. The van der Waals surface area contributed by atoms with Crippen LogP contribution in [0.3, 0.4) is 0 Å². The molecule has 108 valence electrons. The zero-order chi connectivity index (χ0) is 15.4. The Bertz CT molecular complexity index is 693. The lowest BCUT2D eigenvalue weighted by Gasteiger charge is -2.08. The average molecular weight is 308 g/mol. The number of nitrogens with two attached hydrogens (primary N) is 1. The van der Waals surface area contributed by atoms with Gasteiger partial charge in [0.25, 0.3) is 11.6 Å². The first-order valence-electron chi connectivity index (χ1n) is 5.69. The molecule has 0 spiro atoms. The van der Waals surface area contributed by atoms with Gasteiger partial charge in [-0.25, -0.2) is 0 Å². The summed E-state index contributed by atoms with van der Waals surface area (Å²) in [5.41, 5.74) is 2.26. The zero-order valence-electron chi connectivity index (χ0n) is 10.5. The number of nitrogens with zero attached hydrogens (tertiary/aromatic N) is 2.